The summed E-state index contributed by atoms with van der Waals surface area (Å²) in [5.41, 5.74) is 7.52. The largest absolute Gasteiger partial charge is 0.368 e. The van der Waals surface area contributed by atoms with Crippen LogP contribution in [0.3, 0.4) is 0 Å². The van der Waals surface area contributed by atoms with Crippen LogP contribution in [0.1, 0.15) is 18.2 Å². The number of hydrogen-bond acceptors (Lipinski definition) is 6. The van der Waals surface area contributed by atoms with Crippen LogP contribution in [0, 0.1) is 0 Å². The molecule has 0 saturated carbocycles. The van der Waals surface area contributed by atoms with Gasteiger partial charge in [-0.15, -0.1) is 0 Å². The van der Waals surface area contributed by atoms with Gasteiger partial charge in [-0.2, -0.15) is 4.98 Å². The molecule has 90 valence electrons. The van der Waals surface area contributed by atoms with Gasteiger partial charge in [0.25, 0.3) is 0 Å². The summed E-state index contributed by atoms with van der Waals surface area (Å²) in [6.07, 6.45) is 4.17. The van der Waals surface area contributed by atoms with Crippen molar-refractivity contribution in [1.82, 2.24) is 15.1 Å². The number of rotatable bonds is 4. The van der Waals surface area contributed by atoms with Crippen molar-refractivity contribution >= 4 is 11.8 Å². The highest BCUT2D eigenvalue weighted by Gasteiger charge is 2.11. The van der Waals surface area contributed by atoms with Gasteiger partial charge in [-0.3, -0.25) is 0 Å². The summed E-state index contributed by atoms with van der Waals surface area (Å²) >= 11 is 0. The first-order valence-corrected chi connectivity index (χ1v) is 5.42. The molecule has 0 unspecified atom stereocenters. The summed E-state index contributed by atoms with van der Waals surface area (Å²) in [6, 6.07) is 1.83. The molecule has 0 bridgehead atoms. The third-order valence-corrected chi connectivity index (χ3v) is 2.49. The molecule has 6 nitrogen and oxygen atoms in total. The van der Waals surface area contributed by atoms with Crippen LogP contribution in [-0.4, -0.2) is 22.2 Å². The maximum atomic E-state index is 5.61. The van der Waals surface area contributed by atoms with E-state index >= 15 is 0 Å². The van der Waals surface area contributed by atoms with Crippen LogP contribution in [-0.2, 0) is 13.0 Å². The molecule has 2 aromatic rings. The summed E-state index contributed by atoms with van der Waals surface area (Å²) in [6.45, 7) is 2.68. The van der Waals surface area contributed by atoms with Gasteiger partial charge >= 0.3 is 0 Å². The fourth-order valence-corrected chi connectivity index (χ4v) is 1.63. The van der Waals surface area contributed by atoms with Crippen molar-refractivity contribution in [3.8, 4) is 0 Å². The molecule has 0 fully saturated rings. The normalized spacial score (nSPS) is 10.5. The lowest BCUT2D eigenvalue weighted by Gasteiger charge is -2.19. The first-order valence-electron chi connectivity index (χ1n) is 5.42. The molecule has 2 aromatic heterocycles. The fourth-order valence-electron chi connectivity index (χ4n) is 1.63. The highest BCUT2D eigenvalue weighted by atomic mass is 16.5. The monoisotopic (exact) mass is 233 g/mol. The van der Waals surface area contributed by atoms with E-state index in [0.717, 1.165) is 23.5 Å². The fraction of sp³-hybridized carbons (Fsp3) is 0.364. The second-order valence-electron chi connectivity index (χ2n) is 3.78. The predicted molar refractivity (Wildman–Crippen MR) is 64.4 cm³/mol. The maximum Gasteiger partial charge on any atom is 0.221 e. The van der Waals surface area contributed by atoms with Crippen molar-refractivity contribution in [3.63, 3.8) is 0 Å². The maximum absolute atomic E-state index is 5.61. The van der Waals surface area contributed by atoms with E-state index in [0.29, 0.717) is 6.54 Å². The van der Waals surface area contributed by atoms with Gasteiger partial charge in [0.05, 0.1) is 6.54 Å². The average molecular weight is 233 g/mol. The molecule has 2 N–H and O–H groups in total. The van der Waals surface area contributed by atoms with Gasteiger partial charge in [0.2, 0.25) is 5.95 Å². The number of anilines is 2. The molecule has 0 aliphatic heterocycles. The quantitative estimate of drug-likeness (QED) is 0.855. The number of aromatic nitrogens is 3. The van der Waals surface area contributed by atoms with Crippen molar-refractivity contribution < 1.29 is 4.52 Å². The highest BCUT2D eigenvalue weighted by molar-refractivity contribution is 5.48. The first-order chi connectivity index (χ1) is 8.20. The predicted octanol–water partition coefficient (Wildman–Crippen LogP) is 1.25. The van der Waals surface area contributed by atoms with Gasteiger partial charge in [0, 0.05) is 24.9 Å². The number of nitrogens with two attached hydrogens (primary N) is 1. The van der Waals surface area contributed by atoms with Crippen LogP contribution in [0.15, 0.2) is 23.0 Å². The molecule has 0 aliphatic rings. The Morgan fingerprint density at radius 1 is 1.47 bits per heavy atom. The summed E-state index contributed by atoms with van der Waals surface area (Å²) in [5.74, 6) is 1.12. The molecular weight excluding hydrogens is 218 g/mol. The zero-order valence-electron chi connectivity index (χ0n) is 9.92. The zero-order chi connectivity index (χ0) is 12.3. The summed E-state index contributed by atoms with van der Waals surface area (Å²) in [5, 5.41) is 3.87. The standard InChI is InChI=1S/C11H15N5O/c1-3-8-6-13-11(12)14-10(8)16(2)7-9-4-5-17-15-9/h4-6H,3,7H2,1-2H3,(H2,12,13,14). The number of hydrogen-bond donors (Lipinski definition) is 1. The summed E-state index contributed by atoms with van der Waals surface area (Å²) in [4.78, 5) is 10.2. The van der Waals surface area contributed by atoms with Crippen molar-refractivity contribution in [2.75, 3.05) is 17.7 Å². The van der Waals surface area contributed by atoms with Gasteiger partial charge in [-0.1, -0.05) is 12.1 Å². The minimum Gasteiger partial charge on any atom is -0.368 e. The number of aryl methyl sites for hydroxylation is 1. The molecule has 17 heavy (non-hydrogen) atoms. The summed E-state index contributed by atoms with van der Waals surface area (Å²) in [7, 11) is 1.94. The van der Waals surface area contributed by atoms with Gasteiger partial charge in [0.1, 0.15) is 17.8 Å². The Kier molecular flexibility index (Phi) is 3.22. The smallest absolute Gasteiger partial charge is 0.221 e. The molecule has 2 heterocycles. The van der Waals surface area contributed by atoms with E-state index in [1.807, 2.05) is 18.0 Å². The van der Waals surface area contributed by atoms with E-state index < -0.39 is 0 Å². The second-order valence-corrected chi connectivity index (χ2v) is 3.78. The topological polar surface area (TPSA) is 81.1 Å². The van der Waals surface area contributed by atoms with Crippen LogP contribution in [0.2, 0.25) is 0 Å². The summed E-state index contributed by atoms with van der Waals surface area (Å²) < 4.78 is 4.80. The van der Waals surface area contributed by atoms with Crippen molar-refractivity contribution in [1.29, 1.82) is 0 Å². The Bertz CT molecular complexity index is 483. The Balaban J connectivity index is 2.23. The highest BCUT2D eigenvalue weighted by Crippen LogP contribution is 2.18. The first kappa shape index (κ1) is 11.4. The molecule has 0 saturated heterocycles. The molecule has 0 radical (unpaired) electrons. The Morgan fingerprint density at radius 2 is 2.29 bits per heavy atom. The molecule has 0 spiro atoms. The molecule has 2 rings (SSSR count). The van der Waals surface area contributed by atoms with Crippen LogP contribution in [0.4, 0.5) is 11.8 Å². The van der Waals surface area contributed by atoms with E-state index in [-0.39, 0.29) is 5.95 Å². The Hall–Kier alpha value is -2.11. The Morgan fingerprint density at radius 3 is 2.94 bits per heavy atom. The van der Waals surface area contributed by atoms with Crippen LogP contribution in [0.25, 0.3) is 0 Å². The number of nitrogen functional groups attached to an aromatic ring is 1. The molecule has 6 heteroatoms. The van der Waals surface area contributed by atoms with Crippen molar-refractivity contribution in [2.45, 2.75) is 19.9 Å². The molecule has 0 aliphatic carbocycles. The van der Waals surface area contributed by atoms with E-state index in [9.17, 15) is 0 Å². The van der Waals surface area contributed by atoms with Gasteiger partial charge in [-0.25, -0.2) is 4.98 Å². The van der Waals surface area contributed by atoms with Crippen LogP contribution < -0.4 is 10.6 Å². The van der Waals surface area contributed by atoms with Crippen molar-refractivity contribution in [3.05, 3.63) is 29.8 Å². The van der Waals surface area contributed by atoms with E-state index in [4.69, 9.17) is 10.3 Å². The minimum atomic E-state index is 0.282. The molecule has 0 amide bonds. The SMILES string of the molecule is CCc1cnc(N)nc1N(C)Cc1ccon1. The average Bonchev–Trinajstić information content (AvgIpc) is 2.81. The van der Waals surface area contributed by atoms with E-state index in [1.165, 1.54) is 0 Å². The third-order valence-electron chi connectivity index (χ3n) is 2.49. The van der Waals surface area contributed by atoms with Crippen molar-refractivity contribution in [2.24, 2.45) is 0 Å². The Labute approximate surface area is 99.5 Å². The zero-order valence-corrected chi connectivity index (χ0v) is 9.92. The molecule has 0 atom stereocenters. The van der Waals surface area contributed by atoms with Gasteiger partial charge < -0.3 is 15.2 Å². The van der Waals surface area contributed by atoms with E-state index in [2.05, 4.69) is 22.0 Å². The lowest BCUT2D eigenvalue weighted by Crippen LogP contribution is -2.20. The van der Waals surface area contributed by atoms with E-state index in [1.54, 1.807) is 12.5 Å². The van der Waals surface area contributed by atoms with Crippen LogP contribution >= 0.6 is 0 Å². The lowest BCUT2D eigenvalue weighted by atomic mass is 10.2. The minimum absolute atomic E-state index is 0.282. The number of nitrogens with zero attached hydrogens (tertiary/aromatic N) is 4. The second kappa shape index (κ2) is 4.82. The lowest BCUT2D eigenvalue weighted by molar-refractivity contribution is 0.411. The molecular formula is C11H15N5O. The van der Waals surface area contributed by atoms with Gasteiger partial charge in [0.15, 0.2) is 0 Å². The molecule has 0 aromatic carbocycles. The third kappa shape index (κ3) is 2.52. The van der Waals surface area contributed by atoms with Crippen LogP contribution in [0.5, 0.6) is 0 Å². The van der Waals surface area contributed by atoms with Gasteiger partial charge in [-0.05, 0) is 6.42 Å².